The monoisotopic (exact) mass is 175 g/mol. The molecule has 0 saturated carbocycles. The van der Waals surface area contributed by atoms with Crippen LogP contribution in [0.3, 0.4) is 0 Å². The minimum Gasteiger partial charge on any atom is -0.153 e. The first kappa shape index (κ1) is 8.30. The highest BCUT2D eigenvalue weighted by Crippen LogP contribution is 2.11. The zero-order valence-electron chi connectivity index (χ0n) is 8.20. The average Bonchev–Trinajstić information content (AvgIpc) is 2.44. The number of aromatic nitrogens is 2. The van der Waals surface area contributed by atoms with Gasteiger partial charge in [0, 0.05) is 0 Å². The van der Waals surface area contributed by atoms with E-state index in [2.05, 4.69) is 53.8 Å². The van der Waals surface area contributed by atoms with Gasteiger partial charge in [0.25, 0.3) is 0 Å². The molecule has 1 aromatic carbocycles. The maximum atomic E-state index is 2.30. The molecule has 2 heteroatoms. The fraction of sp³-hybridized carbons (Fsp3) is 0.364. The summed E-state index contributed by atoms with van der Waals surface area (Å²) in [6, 6.07) is 8.50. The summed E-state index contributed by atoms with van der Waals surface area (Å²) >= 11 is 0. The van der Waals surface area contributed by atoms with E-state index in [-0.39, 0.29) is 0 Å². The summed E-state index contributed by atoms with van der Waals surface area (Å²) in [6.07, 6.45) is 3.34. The Morgan fingerprint density at radius 3 is 2.85 bits per heavy atom. The molecule has 0 atom stereocenters. The fourth-order valence-corrected chi connectivity index (χ4v) is 1.76. The van der Waals surface area contributed by atoms with Crippen LogP contribution < -0.4 is 4.68 Å². The standard InChI is InChI=1S/C11H15N2/c1-3-8-13-11-7-5-4-6-10(11)9-12(13)2/h4-7,9H,3,8H2,1-2H3/q+1. The Kier molecular flexibility index (Phi) is 2.05. The van der Waals surface area contributed by atoms with Crippen molar-refractivity contribution in [3.63, 3.8) is 0 Å². The summed E-state index contributed by atoms with van der Waals surface area (Å²) in [5, 5.41) is 1.32. The van der Waals surface area contributed by atoms with Gasteiger partial charge in [-0.1, -0.05) is 19.1 Å². The van der Waals surface area contributed by atoms with Crippen LogP contribution in [0.4, 0.5) is 0 Å². The number of nitrogens with zero attached hydrogens (tertiary/aromatic N) is 2. The molecule has 0 fully saturated rings. The van der Waals surface area contributed by atoms with Crippen molar-refractivity contribution >= 4 is 10.9 Å². The van der Waals surface area contributed by atoms with E-state index in [4.69, 9.17) is 0 Å². The molecule has 0 bridgehead atoms. The molecule has 2 rings (SSSR count). The molecule has 0 unspecified atom stereocenters. The third-order valence-electron chi connectivity index (χ3n) is 2.36. The van der Waals surface area contributed by atoms with Gasteiger partial charge in [0.05, 0.1) is 11.9 Å². The number of hydrogen-bond acceptors (Lipinski definition) is 0. The lowest BCUT2D eigenvalue weighted by Crippen LogP contribution is -2.37. The van der Waals surface area contributed by atoms with Gasteiger partial charge in [-0.2, -0.15) is 4.68 Å². The Morgan fingerprint density at radius 1 is 1.31 bits per heavy atom. The van der Waals surface area contributed by atoms with Crippen molar-refractivity contribution in [2.24, 2.45) is 7.05 Å². The first-order chi connectivity index (χ1) is 6.33. The third kappa shape index (κ3) is 1.32. The Hall–Kier alpha value is -1.31. The van der Waals surface area contributed by atoms with Crippen LogP contribution in [0, 0.1) is 0 Å². The van der Waals surface area contributed by atoms with Gasteiger partial charge in [-0.05, 0) is 18.6 Å². The zero-order chi connectivity index (χ0) is 9.26. The highest BCUT2D eigenvalue weighted by atomic mass is 15.4. The summed E-state index contributed by atoms with van der Waals surface area (Å²) in [7, 11) is 2.09. The summed E-state index contributed by atoms with van der Waals surface area (Å²) in [6.45, 7) is 3.29. The van der Waals surface area contributed by atoms with Crippen molar-refractivity contribution in [3.05, 3.63) is 30.5 Å². The number of fused-ring (bicyclic) bond motifs is 1. The molecular weight excluding hydrogens is 160 g/mol. The molecule has 0 spiro atoms. The molecule has 0 saturated heterocycles. The Labute approximate surface area is 78.4 Å². The predicted octanol–water partition coefficient (Wildman–Crippen LogP) is 1.88. The number of benzene rings is 1. The van der Waals surface area contributed by atoms with Crippen LogP contribution in [0.25, 0.3) is 10.9 Å². The molecular formula is C11H15N2+. The summed E-state index contributed by atoms with van der Waals surface area (Å²) in [5.41, 5.74) is 1.33. The summed E-state index contributed by atoms with van der Waals surface area (Å²) in [5.74, 6) is 0. The Morgan fingerprint density at radius 2 is 2.08 bits per heavy atom. The third-order valence-corrected chi connectivity index (χ3v) is 2.36. The lowest BCUT2D eigenvalue weighted by Gasteiger charge is -1.97. The van der Waals surface area contributed by atoms with Crippen LogP contribution in [-0.2, 0) is 13.6 Å². The number of para-hydroxylation sites is 1. The molecule has 68 valence electrons. The summed E-state index contributed by atoms with van der Waals surface area (Å²) < 4.78 is 4.46. The quantitative estimate of drug-likeness (QED) is 0.616. The second kappa shape index (κ2) is 3.21. The second-order valence-corrected chi connectivity index (χ2v) is 3.38. The van der Waals surface area contributed by atoms with Crippen molar-refractivity contribution in [3.8, 4) is 0 Å². The zero-order valence-corrected chi connectivity index (χ0v) is 8.20. The maximum absolute atomic E-state index is 2.30. The van der Waals surface area contributed by atoms with Gasteiger partial charge < -0.3 is 0 Å². The van der Waals surface area contributed by atoms with Crippen molar-refractivity contribution in [2.75, 3.05) is 0 Å². The van der Waals surface area contributed by atoms with Gasteiger partial charge in [0.15, 0.2) is 7.05 Å². The van der Waals surface area contributed by atoms with E-state index in [9.17, 15) is 0 Å². The topological polar surface area (TPSA) is 8.81 Å². The number of aryl methyl sites for hydroxylation is 2. The minimum atomic E-state index is 1.09. The van der Waals surface area contributed by atoms with E-state index >= 15 is 0 Å². The smallest absolute Gasteiger partial charge is 0.153 e. The van der Waals surface area contributed by atoms with E-state index in [1.807, 2.05) is 0 Å². The van der Waals surface area contributed by atoms with Gasteiger partial charge in [0.2, 0.25) is 6.20 Å². The van der Waals surface area contributed by atoms with E-state index in [0.29, 0.717) is 0 Å². The van der Waals surface area contributed by atoms with Crippen LogP contribution in [0.5, 0.6) is 0 Å². The molecule has 0 aliphatic carbocycles. The molecule has 0 radical (unpaired) electrons. The lowest BCUT2D eigenvalue weighted by atomic mass is 10.2. The van der Waals surface area contributed by atoms with E-state index in [1.165, 1.54) is 17.3 Å². The Bertz CT molecular complexity index is 415. The normalized spacial score (nSPS) is 10.9. The van der Waals surface area contributed by atoms with Gasteiger partial charge in [-0.3, -0.25) is 0 Å². The molecule has 0 amide bonds. The maximum Gasteiger partial charge on any atom is 0.203 e. The SMILES string of the molecule is CCCn1c2ccccc2c[n+]1C. The van der Waals surface area contributed by atoms with Crippen LogP contribution in [0.1, 0.15) is 13.3 Å². The van der Waals surface area contributed by atoms with E-state index < -0.39 is 0 Å². The number of hydrogen-bond donors (Lipinski definition) is 0. The average molecular weight is 175 g/mol. The predicted molar refractivity (Wildman–Crippen MR) is 53.4 cm³/mol. The van der Waals surface area contributed by atoms with Crippen molar-refractivity contribution in [1.82, 2.24) is 4.68 Å². The van der Waals surface area contributed by atoms with Crippen molar-refractivity contribution in [1.29, 1.82) is 0 Å². The molecule has 0 N–H and O–H groups in total. The molecule has 1 heterocycles. The summed E-state index contributed by atoms with van der Waals surface area (Å²) in [4.78, 5) is 0. The molecule has 1 aromatic heterocycles. The van der Waals surface area contributed by atoms with Gasteiger partial charge in [0.1, 0.15) is 5.52 Å². The van der Waals surface area contributed by atoms with Gasteiger partial charge in [-0.15, -0.1) is 4.68 Å². The largest absolute Gasteiger partial charge is 0.203 e. The van der Waals surface area contributed by atoms with Crippen molar-refractivity contribution < 1.29 is 4.68 Å². The first-order valence-electron chi connectivity index (χ1n) is 4.77. The molecule has 2 nitrogen and oxygen atoms in total. The number of rotatable bonds is 2. The second-order valence-electron chi connectivity index (χ2n) is 3.38. The molecule has 2 aromatic rings. The fourth-order valence-electron chi connectivity index (χ4n) is 1.76. The van der Waals surface area contributed by atoms with Crippen LogP contribution in [0.15, 0.2) is 30.5 Å². The molecule has 13 heavy (non-hydrogen) atoms. The van der Waals surface area contributed by atoms with Crippen molar-refractivity contribution in [2.45, 2.75) is 19.9 Å². The Balaban J connectivity index is 2.64. The first-order valence-corrected chi connectivity index (χ1v) is 4.77. The molecule has 0 aliphatic heterocycles. The highest BCUT2D eigenvalue weighted by Gasteiger charge is 2.09. The molecule has 0 aliphatic rings. The van der Waals surface area contributed by atoms with Crippen LogP contribution >= 0.6 is 0 Å². The lowest BCUT2D eigenvalue weighted by molar-refractivity contribution is -0.751. The van der Waals surface area contributed by atoms with Gasteiger partial charge >= 0.3 is 0 Å². The van der Waals surface area contributed by atoms with E-state index in [0.717, 1.165) is 6.54 Å². The minimum absolute atomic E-state index is 1.09. The van der Waals surface area contributed by atoms with Crippen LogP contribution in [0.2, 0.25) is 0 Å². The highest BCUT2D eigenvalue weighted by molar-refractivity contribution is 5.77. The van der Waals surface area contributed by atoms with Crippen LogP contribution in [-0.4, -0.2) is 4.68 Å². The van der Waals surface area contributed by atoms with Gasteiger partial charge in [-0.25, -0.2) is 0 Å². The van der Waals surface area contributed by atoms with E-state index in [1.54, 1.807) is 0 Å².